The van der Waals surface area contributed by atoms with Crippen LogP contribution < -0.4 is 10.8 Å². The van der Waals surface area contributed by atoms with Gasteiger partial charge >= 0.3 is 0 Å². The quantitative estimate of drug-likeness (QED) is 0.117. The number of benzene rings is 3. The Balaban J connectivity index is 1.39. The Hall–Kier alpha value is -3.60. The van der Waals surface area contributed by atoms with Crippen molar-refractivity contribution in [2.75, 3.05) is 13.6 Å². The molecule has 3 aromatic carbocycles. The van der Waals surface area contributed by atoms with Crippen LogP contribution in [-0.2, 0) is 32.2 Å². The molecule has 1 saturated heterocycles. The lowest BCUT2D eigenvalue weighted by Gasteiger charge is -2.39. The van der Waals surface area contributed by atoms with E-state index < -0.39 is 12.2 Å². The first-order valence-corrected chi connectivity index (χ1v) is 14.9. The van der Waals surface area contributed by atoms with Crippen molar-refractivity contribution in [2.24, 2.45) is 0 Å². The fraction of sp³-hybridized carbons (Fsp3) is 0.412. The number of hydrogen-bond acceptors (Lipinski definition) is 7. The first-order valence-electron chi connectivity index (χ1n) is 14.9. The predicted octanol–water partition coefficient (Wildman–Crippen LogP) is 5.10. The van der Waals surface area contributed by atoms with Crippen molar-refractivity contribution in [2.45, 2.75) is 76.7 Å². The Morgan fingerprint density at radius 1 is 0.884 bits per heavy atom. The van der Waals surface area contributed by atoms with Crippen LogP contribution in [0.15, 0.2) is 78.9 Å². The third-order valence-electron chi connectivity index (χ3n) is 7.97. The van der Waals surface area contributed by atoms with Gasteiger partial charge in [0.25, 0.3) is 0 Å². The highest BCUT2D eigenvalue weighted by molar-refractivity contribution is 5.76. The summed E-state index contributed by atoms with van der Waals surface area (Å²) in [5, 5.41) is 20.9. The summed E-state index contributed by atoms with van der Waals surface area (Å²) in [6.07, 6.45) is 1.52. The van der Waals surface area contributed by atoms with E-state index in [1.807, 2.05) is 54.6 Å². The maximum atomic E-state index is 12.2. The molecule has 4 unspecified atom stereocenters. The van der Waals surface area contributed by atoms with Gasteiger partial charge in [0.05, 0.1) is 18.8 Å². The Morgan fingerprint density at radius 3 is 2.16 bits per heavy atom. The van der Waals surface area contributed by atoms with E-state index in [1.54, 1.807) is 5.48 Å². The smallest absolute Gasteiger partial charge is 0.243 e. The SMILES string of the molecule is CC(c1ccccc1)N(C)CC1CC(c2ccc(CO)cc2)OC(c2ccc(CNC(=O)CCCCC(=O)NO)cc2)O1. The summed E-state index contributed by atoms with van der Waals surface area (Å²) in [6, 6.07) is 26.4. The van der Waals surface area contributed by atoms with Gasteiger partial charge in [-0.2, -0.15) is 0 Å². The second kappa shape index (κ2) is 16.3. The molecule has 230 valence electrons. The fourth-order valence-electron chi connectivity index (χ4n) is 5.21. The number of nitrogens with one attached hydrogen (secondary N) is 2. The predicted molar refractivity (Wildman–Crippen MR) is 163 cm³/mol. The van der Waals surface area contributed by atoms with Gasteiger partial charge in [-0.05, 0) is 49.1 Å². The molecule has 0 spiro atoms. The van der Waals surface area contributed by atoms with Crippen molar-refractivity contribution >= 4 is 11.8 Å². The van der Waals surface area contributed by atoms with E-state index >= 15 is 0 Å². The molecule has 1 fully saturated rings. The standard InChI is InChI=1S/C34H43N3O6/c1-24(27-8-4-3-5-9-27)37(2)22-30-20-31(28-16-14-26(23-38)15-17-28)43-34(42-30)29-18-12-25(13-19-29)21-35-32(39)10-6-7-11-33(40)36-41/h3-5,8-9,12-19,24,30-31,34,38,41H,6-7,10-11,20-23H2,1-2H3,(H,35,39)(H,36,40). The summed E-state index contributed by atoms with van der Waals surface area (Å²) < 4.78 is 13.0. The Labute approximate surface area is 253 Å². The number of carbonyl (C=O) groups is 2. The number of aliphatic hydroxyl groups excluding tert-OH is 1. The van der Waals surface area contributed by atoms with Gasteiger partial charge in [0.2, 0.25) is 11.8 Å². The van der Waals surface area contributed by atoms with E-state index in [0.29, 0.717) is 32.2 Å². The topological polar surface area (TPSA) is 120 Å². The van der Waals surface area contributed by atoms with E-state index in [2.05, 4.69) is 48.5 Å². The van der Waals surface area contributed by atoms with Crippen molar-refractivity contribution < 1.29 is 29.4 Å². The number of unbranched alkanes of at least 4 members (excludes halogenated alkanes) is 1. The fourth-order valence-corrected chi connectivity index (χ4v) is 5.21. The first kappa shape index (κ1) is 32.3. The van der Waals surface area contributed by atoms with Crippen molar-refractivity contribution in [3.05, 3.63) is 107 Å². The summed E-state index contributed by atoms with van der Waals surface area (Å²) in [5.74, 6) is -0.531. The zero-order valence-electron chi connectivity index (χ0n) is 24.9. The van der Waals surface area contributed by atoms with Crippen LogP contribution in [-0.4, -0.2) is 46.7 Å². The Morgan fingerprint density at radius 2 is 1.51 bits per heavy atom. The zero-order valence-corrected chi connectivity index (χ0v) is 24.9. The van der Waals surface area contributed by atoms with E-state index in [9.17, 15) is 14.7 Å². The normalized spacial score (nSPS) is 19.1. The summed E-state index contributed by atoms with van der Waals surface area (Å²) in [4.78, 5) is 25.6. The van der Waals surface area contributed by atoms with Gasteiger partial charge in [0, 0.05) is 44.0 Å². The number of hydroxylamine groups is 1. The van der Waals surface area contributed by atoms with Crippen molar-refractivity contribution in [3.63, 3.8) is 0 Å². The minimum absolute atomic E-state index is 0.00150. The molecule has 0 radical (unpaired) electrons. The molecule has 1 aliphatic heterocycles. The third-order valence-corrected chi connectivity index (χ3v) is 7.97. The highest BCUT2D eigenvalue weighted by Gasteiger charge is 2.33. The number of ether oxygens (including phenoxy) is 2. The molecule has 0 saturated carbocycles. The van der Waals surface area contributed by atoms with Gasteiger partial charge in [-0.3, -0.25) is 19.7 Å². The van der Waals surface area contributed by atoms with E-state index in [4.69, 9.17) is 14.7 Å². The highest BCUT2D eigenvalue weighted by atomic mass is 16.7. The highest BCUT2D eigenvalue weighted by Crippen LogP contribution is 2.38. The number of nitrogens with zero attached hydrogens (tertiary/aromatic N) is 1. The molecule has 1 heterocycles. The van der Waals surface area contributed by atoms with Crippen LogP contribution in [0, 0.1) is 0 Å². The van der Waals surface area contributed by atoms with Crippen LogP contribution in [0.1, 0.15) is 85.3 Å². The second-order valence-corrected chi connectivity index (χ2v) is 11.1. The van der Waals surface area contributed by atoms with Gasteiger partial charge in [-0.1, -0.05) is 78.9 Å². The summed E-state index contributed by atoms with van der Waals surface area (Å²) in [7, 11) is 2.12. The molecule has 1 aliphatic rings. The minimum atomic E-state index is -0.554. The number of amides is 2. The van der Waals surface area contributed by atoms with Crippen LogP contribution in [0.4, 0.5) is 0 Å². The van der Waals surface area contributed by atoms with Crippen molar-refractivity contribution in [1.82, 2.24) is 15.7 Å². The molecule has 4 N–H and O–H groups in total. The zero-order chi connectivity index (χ0) is 30.6. The monoisotopic (exact) mass is 589 g/mol. The molecule has 0 aromatic heterocycles. The number of likely N-dealkylation sites (N-methyl/N-ethyl adjacent to an activating group) is 1. The molecule has 3 aromatic rings. The van der Waals surface area contributed by atoms with E-state index in [0.717, 1.165) is 28.8 Å². The second-order valence-electron chi connectivity index (χ2n) is 11.1. The van der Waals surface area contributed by atoms with Gasteiger partial charge in [-0.25, -0.2) is 5.48 Å². The number of hydrogen-bond donors (Lipinski definition) is 4. The van der Waals surface area contributed by atoms with E-state index in [1.165, 1.54) is 5.56 Å². The molecule has 4 rings (SSSR count). The van der Waals surface area contributed by atoms with Gasteiger partial charge in [0.1, 0.15) is 0 Å². The van der Waals surface area contributed by atoms with Crippen LogP contribution in [0.3, 0.4) is 0 Å². The number of aliphatic hydroxyl groups is 1. The number of carbonyl (C=O) groups excluding carboxylic acids is 2. The van der Waals surface area contributed by atoms with Crippen molar-refractivity contribution in [1.29, 1.82) is 0 Å². The average molecular weight is 590 g/mol. The summed E-state index contributed by atoms with van der Waals surface area (Å²) in [5.41, 5.74) is 6.61. The van der Waals surface area contributed by atoms with Crippen LogP contribution in [0.25, 0.3) is 0 Å². The average Bonchev–Trinajstić information content (AvgIpc) is 3.05. The molecule has 2 amide bonds. The lowest BCUT2D eigenvalue weighted by Crippen LogP contribution is -2.38. The molecule has 43 heavy (non-hydrogen) atoms. The van der Waals surface area contributed by atoms with Crippen molar-refractivity contribution in [3.8, 4) is 0 Å². The maximum Gasteiger partial charge on any atom is 0.243 e. The lowest BCUT2D eigenvalue weighted by molar-refractivity contribution is -0.253. The lowest BCUT2D eigenvalue weighted by atomic mass is 9.99. The molecular formula is C34H43N3O6. The largest absolute Gasteiger partial charge is 0.392 e. The Kier molecular flexibility index (Phi) is 12.3. The van der Waals surface area contributed by atoms with Crippen LogP contribution in [0.5, 0.6) is 0 Å². The molecular weight excluding hydrogens is 546 g/mol. The molecule has 0 bridgehead atoms. The Bertz CT molecular complexity index is 1290. The van der Waals surface area contributed by atoms with Gasteiger partial charge in [0.15, 0.2) is 6.29 Å². The number of rotatable bonds is 14. The van der Waals surface area contributed by atoms with Crippen LogP contribution in [0.2, 0.25) is 0 Å². The van der Waals surface area contributed by atoms with E-state index in [-0.39, 0.29) is 37.2 Å². The van der Waals surface area contributed by atoms with Gasteiger partial charge < -0.3 is 19.9 Å². The van der Waals surface area contributed by atoms with Crippen LogP contribution >= 0.6 is 0 Å². The molecule has 9 heteroatoms. The summed E-state index contributed by atoms with van der Waals surface area (Å²) in [6.45, 7) is 3.33. The summed E-state index contributed by atoms with van der Waals surface area (Å²) >= 11 is 0. The first-order chi connectivity index (χ1) is 20.9. The third kappa shape index (κ3) is 9.71. The maximum absolute atomic E-state index is 12.2. The molecule has 4 atom stereocenters. The minimum Gasteiger partial charge on any atom is -0.392 e. The molecule has 9 nitrogen and oxygen atoms in total. The molecule has 0 aliphatic carbocycles. The van der Waals surface area contributed by atoms with Gasteiger partial charge in [-0.15, -0.1) is 0 Å².